The van der Waals surface area contributed by atoms with Crippen molar-refractivity contribution in [2.75, 3.05) is 19.7 Å². The number of halogens is 1. The number of rotatable bonds is 9. The van der Waals surface area contributed by atoms with Crippen molar-refractivity contribution in [2.24, 2.45) is 5.73 Å². The summed E-state index contributed by atoms with van der Waals surface area (Å²) in [5, 5.41) is 0. The van der Waals surface area contributed by atoms with Crippen LogP contribution in [0.1, 0.15) is 12.0 Å². The fourth-order valence-electron chi connectivity index (χ4n) is 2.09. The van der Waals surface area contributed by atoms with Crippen molar-refractivity contribution in [3.63, 3.8) is 0 Å². The summed E-state index contributed by atoms with van der Waals surface area (Å²) in [5.74, 6) is 0.775. The molecule has 0 saturated heterocycles. The summed E-state index contributed by atoms with van der Waals surface area (Å²) in [4.78, 5) is 0.254. The topological polar surface area (TPSA) is 81.4 Å². The average molecular weight is 413 g/mol. The summed E-state index contributed by atoms with van der Waals surface area (Å²) in [5.41, 5.74) is 6.45. The van der Waals surface area contributed by atoms with Gasteiger partial charge < -0.3 is 10.5 Å². The quantitative estimate of drug-likeness (QED) is 0.620. The Bertz CT molecular complexity index is 749. The third-order valence-corrected chi connectivity index (χ3v) is 5.35. The minimum Gasteiger partial charge on any atom is -0.494 e. The molecule has 7 heteroatoms. The molecule has 0 aliphatic rings. The Kier molecular flexibility index (Phi) is 7.23. The second-order valence-corrected chi connectivity index (χ2v) is 7.92. The maximum absolute atomic E-state index is 12.2. The number of hydrogen-bond acceptors (Lipinski definition) is 4. The average Bonchev–Trinajstić information content (AvgIpc) is 2.56. The Morgan fingerprint density at radius 1 is 1.12 bits per heavy atom. The fraction of sp³-hybridized carbons (Fsp3) is 0.294. The van der Waals surface area contributed by atoms with Gasteiger partial charge in [-0.1, -0.05) is 28.1 Å². The molecule has 0 amide bonds. The molecule has 0 heterocycles. The lowest BCUT2D eigenvalue weighted by Crippen LogP contribution is -2.25. The van der Waals surface area contributed by atoms with Crippen LogP contribution in [0.3, 0.4) is 0 Å². The third-order valence-electron chi connectivity index (χ3n) is 3.35. The van der Waals surface area contributed by atoms with Crippen LogP contribution in [-0.2, 0) is 16.4 Å². The molecule has 0 spiro atoms. The molecule has 0 aliphatic heterocycles. The van der Waals surface area contributed by atoms with E-state index >= 15 is 0 Å². The third kappa shape index (κ3) is 5.90. The minimum atomic E-state index is -3.49. The van der Waals surface area contributed by atoms with Gasteiger partial charge in [0.05, 0.1) is 11.5 Å². The number of ether oxygens (including phenoxy) is 1. The van der Waals surface area contributed by atoms with Gasteiger partial charge in [0.25, 0.3) is 0 Å². The second kappa shape index (κ2) is 9.17. The Morgan fingerprint density at radius 2 is 1.88 bits per heavy atom. The zero-order valence-electron chi connectivity index (χ0n) is 13.2. The first-order chi connectivity index (χ1) is 11.5. The van der Waals surface area contributed by atoms with Crippen molar-refractivity contribution in [1.82, 2.24) is 4.72 Å². The van der Waals surface area contributed by atoms with E-state index in [9.17, 15) is 8.42 Å². The van der Waals surface area contributed by atoms with E-state index in [0.717, 1.165) is 22.2 Å². The van der Waals surface area contributed by atoms with Gasteiger partial charge in [-0.2, -0.15) is 0 Å². The number of benzene rings is 2. The van der Waals surface area contributed by atoms with Crippen LogP contribution in [0, 0.1) is 0 Å². The first kappa shape index (κ1) is 18.9. The van der Waals surface area contributed by atoms with Gasteiger partial charge in [0.1, 0.15) is 5.75 Å². The van der Waals surface area contributed by atoms with Gasteiger partial charge in [0, 0.05) is 11.0 Å². The van der Waals surface area contributed by atoms with Crippen molar-refractivity contribution in [3.8, 4) is 5.75 Å². The lowest BCUT2D eigenvalue weighted by molar-refractivity contribution is 0.313. The monoisotopic (exact) mass is 412 g/mol. The van der Waals surface area contributed by atoms with Crippen molar-refractivity contribution in [2.45, 2.75) is 17.7 Å². The van der Waals surface area contributed by atoms with Crippen molar-refractivity contribution in [3.05, 3.63) is 58.6 Å². The minimum absolute atomic E-state index is 0.254. The van der Waals surface area contributed by atoms with Crippen LogP contribution in [0.4, 0.5) is 0 Å². The molecule has 0 aromatic heterocycles. The van der Waals surface area contributed by atoms with Crippen LogP contribution < -0.4 is 15.2 Å². The Labute approximate surface area is 151 Å². The van der Waals surface area contributed by atoms with Gasteiger partial charge >= 0.3 is 0 Å². The Morgan fingerprint density at radius 3 is 2.58 bits per heavy atom. The molecule has 0 aliphatic carbocycles. The zero-order chi connectivity index (χ0) is 17.4. The Balaban J connectivity index is 1.89. The predicted octanol–water partition coefficient (Wildman–Crippen LogP) is 2.70. The molecule has 3 N–H and O–H groups in total. The van der Waals surface area contributed by atoms with Gasteiger partial charge in [0.15, 0.2) is 0 Å². The molecule has 0 fully saturated rings. The summed E-state index contributed by atoms with van der Waals surface area (Å²) in [6.07, 6.45) is 1.39. The molecule has 2 aromatic carbocycles. The van der Waals surface area contributed by atoms with E-state index in [1.807, 2.05) is 24.3 Å². The molecule has 0 atom stereocenters. The van der Waals surface area contributed by atoms with E-state index in [1.54, 1.807) is 24.3 Å². The highest BCUT2D eigenvalue weighted by atomic mass is 79.9. The van der Waals surface area contributed by atoms with E-state index in [0.29, 0.717) is 26.1 Å². The molecule has 2 rings (SSSR count). The van der Waals surface area contributed by atoms with E-state index < -0.39 is 10.0 Å². The van der Waals surface area contributed by atoms with E-state index in [2.05, 4.69) is 20.7 Å². The largest absolute Gasteiger partial charge is 0.494 e. The van der Waals surface area contributed by atoms with Crippen LogP contribution in [0.2, 0.25) is 0 Å². The summed E-state index contributed by atoms with van der Waals surface area (Å²) in [6.45, 7) is 1.50. The smallest absolute Gasteiger partial charge is 0.240 e. The second-order valence-electron chi connectivity index (χ2n) is 5.24. The highest BCUT2D eigenvalue weighted by Gasteiger charge is 2.12. The maximum atomic E-state index is 12.2. The summed E-state index contributed by atoms with van der Waals surface area (Å²) in [6, 6.07) is 14.2. The van der Waals surface area contributed by atoms with Crippen LogP contribution in [0.5, 0.6) is 5.75 Å². The molecule has 0 saturated carbocycles. The van der Waals surface area contributed by atoms with E-state index in [-0.39, 0.29) is 4.90 Å². The number of nitrogens with one attached hydrogen (secondary N) is 1. The molecular weight excluding hydrogens is 392 g/mol. The van der Waals surface area contributed by atoms with Crippen molar-refractivity contribution in [1.29, 1.82) is 0 Å². The van der Waals surface area contributed by atoms with Crippen LogP contribution in [-0.4, -0.2) is 28.1 Å². The number of hydrogen-bond donors (Lipinski definition) is 2. The summed E-state index contributed by atoms with van der Waals surface area (Å²) >= 11 is 3.29. The van der Waals surface area contributed by atoms with Crippen molar-refractivity contribution < 1.29 is 13.2 Å². The van der Waals surface area contributed by atoms with Crippen molar-refractivity contribution >= 4 is 26.0 Å². The van der Waals surface area contributed by atoms with Gasteiger partial charge in [-0.25, -0.2) is 13.1 Å². The number of sulfonamides is 1. The fourth-order valence-corrected chi connectivity index (χ4v) is 3.39. The first-order valence-electron chi connectivity index (χ1n) is 7.68. The number of nitrogens with two attached hydrogens (primary N) is 1. The van der Waals surface area contributed by atoms with Crippen LogP contribution in [0.25, 0.3) is 0 Å². The van der Waals surface area contributed by atoms with E-state index in [4.69, 9.17) is 10.5 Å². The molecule has 24 heavy (non-hydrogen) atoms. The van der Waals surface area contributed by atoms with Gasteiger partial charge in [0.2, 0.25) is 10.0 Å². The highest BCUT2D eigenvalue weighted by Crippen LogP contribution is 2.16. The molecule has 130 valence electrons. The molecular formula is C17H21BrN2O3S. The molecule has 5 nitrogen and oxygen atoms in total. The van der Waals surface area contributed by atoms with Crippen LogP contribution in [0.15, 0.2) is 57.9 Å². The van der Waals surface area contributed by atoms with Crippen LogP contribution >= 0.6 is 15.9 Å². The normalized spacial score (nSPS) is 11.4. The van der Waals surface area contributed by atoms with Gasteiger partial charge in [-0.15, -0.1) is 0 Å². The van der Waals surface area contributed by atoms with Gasteiger partial charge in [-0.05, 0) is 61.3 Å². The Hall–Kier alpha value is -1.41. The van der Waals surface area contributed by atoms with Gasteiger partial charge in [-0.3, -0.25) is 0 Å². The molecule has 0 radical (unpaired) electrons. The lowest BCUT2D eigenvalue weighted by atomic mass is 10.1. The molecule has 2 aromatic rings. The maximum Gasteiger partial charge on any atom is 0.240 e. The zero-order valence-corrected chi connectivity index (χ0v) is 15.6. The van der Waals surface area contributed by atoms with E-state index in [1.165, 1.54) is 0 Å². The highest BCUT2D eigenvalue weighted by molar-refractivity contribution is 9.10. The predicted molar refractivity (Wildman–Crippen MR) is 98.6 cm³/mol. The molecule has 0 bridgehead atoms. The lowest BCUT2D eigenvalue weighted by Gasteiger charge is -2.09. The summed E-state index contributed by atoms with van der Waals surface area (Å²) < 4.78 is 33.5. The first-order valence-corrected chi connectivity index (χ1v) is 9.96. The summed E-state index contributed by atoms with van der Waals surface area (Å²) in [7, 11) is -3.49. The molecule has 0 unspecified atom stereocenters. The standard InChI is InChI=1S/C17H21BrN2O3S/c18-15-5-7-17(8-6-15)24(21,22)20-11-9-14-3-1-4-16(13-14)23-12-2-10-19/h1,3-8,13,20H,2,9-12,19H2. The SMILES string of the molecule is NCCCOc1cccc(CCNS(=O)(=O)c2ccc(Br)cc2)c1.